The molecule has 3 aromatic rings. The van der Waals surface area contributed by atoms with Gasteiger partial charge in [-0.3, -0.25) is 4.79 Å². The van der Waals surface area contributed by atoms with Crippen molar-refractivity contribution >= 4 is 46.0 Å². The summed E-state index contributed by atoms with van der Waals surface area (Å²) in [4.78, 5) is 23.1. The predicted octanol–water partition coefficient (Wildman–Crippen LogP) is 4.42. The zero-order valence-corrected chi connectivity index (χ0v) is 13.7. The van der Waals surface area contributed by atoms with Crippen molar-refractivity contribution in [3.05, 3.63) is 40.3 Å². The molecule has 0 bridgehead atoms. The molecular weight excluding hydrogens is 354 g/mol. The molecule has 2 heterocycles. The number of halogens is 3. The summed E-state index contributed by atoms with van der Waals surface area (Å²) in [5, 5.41) is 3.48. The molecule has 0 spiro atoms. The van der Waals surface area contributed by atoms with Gasteiger partial charge >= 0.3 is 0 Å². The number of anilines is 1. The van der Waals surface area contributed by atoms with Gasteiger partial charge in [0.1, 0.15) is 16.9 Å². The fraction of sp³-hybridized carbons (Fsp3) is 0.188. The molecule has 0 unspecified atom stereocenters. The van der Waals surface area contributed by atoms with Crippen molar-refractivity contribution in [2.75, 3.05) is 5.32 Å². The van der Waals surface area contributed by atoms with Crippen LogP contribution in [0.5, 0.6) is 0 Å². The Bertz CT molecular complexity index is 948. The van der Waals surface area contributed by atoms with Gasteiger partial charge < -0.3 is 10.3 Å². The summed E-state index contributed by atoms with van der Waals surface area (Å²) in [6, 6.07) is 5.04. The molecule has 2 N–H and O–H groups in total. The number of fused-ring (bicyclic) bond motifs is 1. The molecule has 1 saturated carbocycles. The Hall–Kier alpha value is -2.18. The Labute approximate surface area is 146 Å². The van der Waals surface area contributed by atoms with E-state index in [2.05, 4.69) is 20.3 Å². The van der Waals surface area contributed by atoms with Crippen LogP contribution in [0.1, 0.15) is 12.8 Å². The lowest BCUT2D eigenvalue weighted by atomic mass is 10.2. The van der Waals surface area contributed by atoms with Crippen LogP contribution in [0.2, 0.25) is 10.0 Å². The van der Waals surface area contributed by atoms with Crippen LogP contribution >= 0.6 is 23.2 Å². The van der Waals surface area contributed by atoms with Crippen molar-refractivity contribution in [3.63, 3.8) is 0 Å². The molecule has 24 heavy (non-hydrogen) atoms. The summed E-state index contributed by atoms with van der Waals surface area (Å²) >= 11 is 12.4. The van der Waals surface area contributed by atoms with E-state index in [0.29, 0.717) is 21.4 Å². The molecule has 0 aliphatic heterocycles. The van der Waals surface area contributed by atoms with Gasteiger partial charge in [0.05, 0.1) is 21.8 Å². The maximum absolute atomic E-state index is 14.1. The van der Waals surface area contributed by atoms with Crippen LogP contribution in [0, 0.1) is 11.7 Å². The van der Waals surface area contributed by atoms with E-state index in [1.807, 2.05) is 0 Å². The maximum Gasteiger partial charge on any atom is 0.228 e. The third-order valence-corrected chi connectivity index (χ3v) is 4.49. The van der Waals surface area contributed by atoms with Crippen LogP contribution in [0.3, 0.4) is 0 Å². The Kier molecular flexibility index (Phi) is 3.66. The Morgan fingerprint density at radius 1 is 1.29 bits per heavy atom. The monoisotopic (exact) mass is 364 g/mol. The highest BCUT2D eigenvalue weighted by Gasteiger charge is 2.30. The number of amides is 1. The summed E-state index contributed by atoms with van der Waals surface area (Å²) in [7, 11) is 0. The van der Waals surface area contributed by atoms with Crippen LogP contribution in [-0.4, -0.2) is 20.9 Å². The molecule has 1 aliphatic carbocycles. The van der Waals surface area contributed by atoms with Crippen LogP contribution < -0.4 is 5.32 Å². The minimum absolute atomic E-state index is 0.00308. The highest BCUT2D eigenvalue weighted by atomic mass is 35.5. The molecule has 0 atom stereocenters. The molecular formula is C16H11Cl2FN4O. The zero-order chi connectivity index (χ0) is 16.8. The van der Waals surface area contributed by atoms with Gasteiger partial charge in [-0.25, -0.2) is 14.4 Å². The van der Waals surface area contributed by atoms with Crippen molar-refractivity contribution in [2.24, 2.45) is 5.92 Å². The minimum Gasteiger partial charge on any atom is -0.335 e. The van der Waals surface area contributed by atoms with E-state index in [9.17, 15) is 9.18 Å². The number of pyridine rings is 1. The SMILES string of the molecule is O=C(Nc1ncc(F)c2[nH]c(-c3c(Cl)cccc3Cl)nc12)C1CC1. The van der Waals surface area contributed by atoms with Crippen LogP contribution in [0.25, 0.3) is 22.4 Å². The van der Waals surface area contributed by atoms with Crippen molar-refractivity contribution in [2.45, 2.75) is 12.8 Å². The van der Waals surface area contributed by atoms with E-state index in [4.69, 9.17) is 23.2 Å². The minimum atomic E-state index is -0.573. The first kappa shape index (κ1) is 15.4. The van der Waals surface area contributed by atoms with E-state index in [1.54, 1.807) is 18.2 Å². The summed E-state index contributed by atoms with van der Waals surface area (Å²) in [6.45, 7) is 0. The van der Waals surface area contributed by atoms with Gasteiger partial charge in [0, 0.05) is 5.92 Å². The fourth-order valence-electron chi connectivity index (χ4n) is 2.46. The van der Waals surface area contributed by atoms with Crippen molar-refractivity contribution in [1.82, 2.24) is 15.0 Å². The first-order valence-electron chi connectivity index (χ1n) is 7.34. The van der Waals surface area contributed by atoms with Crippen LogP contribution in [0.15, 0.2) is 24.4 Å². The smallest absolute Gasteiger partial charge is 0.228 e. The van der Waals surface area contributed by atoms with Crippen molar-refractivity contribution < 1.29 is 9.18 Å². The summed E-state index contributed by atoms with van der Waals surface area (Å²) in [5.74, 6) is -0.168. The third kappa shape index (κ3) is 2.61. The predicted molar refractivity (Wildman–Crippen MR) is 90.7 cm³/mol. The highest BCUT2D eigenvalue weighted by Crippen LogP contribution is 2.36. The number of nitrogens with one attached hydrogen (secondary N) is 2. The second-order valence-corrected chi connectivity index (χ2v) is 6.44. The van der Waals surface area contributed by atoms with Gasteiger partial charge in [0.25, 0.3) is 0 Å². The average molecular weight is 365 g/mol. The molecule has 1 aromatic carbocycles. The number of carbonyl (C=O) groups is 1. The average Bonchev–Trinajstić information content (AvgIpc) is 3.30. The van der Waals surface area contributed by atoms with Gasteiger partial charge in [-0.1, -0.05) is 29.3 Å². The summed E-state index contributed by atoms with van der Waals surface area (Å²) in [5.41, 5.74) is 0.841. The van der Waals surface area contributed by atoms with E-state index >= 15 is 0 Å². The third-order valence-electron chi connectivity index (χ3n) is 3.86. The lowest BCUT2D eigenvalue weighted by Gasteiger charge is -2.03. The molecule has 1 fully saturated rings. The molecule has 4 rings (SSSR count). The number of carbonyl (C=O) groups excluding carboxylic acids is 1. The fourth-order valence-corrected chi connectivity index (χ4v) is 3.04. The van der Waals surface area contributed by atoms with Crippen LogP contribution in [-0.2, 0) is 4.79 Å². The molecule has 122 valence electrons. The highest BCUT2D eigenvalue weighted by molar-refractivity contribution is 6.39. The molecule has 1 amide bonds. The van der Waals surface area contributed by atoms with Crippen molar-refractivity contribution in [1.29, 1.82) is 0 Å². The molecule has 8 heteroatoms. The number of hydrogen-bond acceptors (Lipinski definition) is 3. The Morgan fingerprint density at radius 2 is 2.00 bits per heavy atom. The maximum atomic E-state index is 14.1. The number of aromatic amines is 1. The van der Waals surface area contributed by atoms with Gasteiger partial charge in [-0.2, -0.15) is 0 Å². The second-order valence-electron chi connectivity index (χ2n) is 5.62. The normalized spacial score (nSPS) is 14.1. The summed E-state index contributed by atoms with van der Waals surface area (Å²) in [6.07, 6.45) is 2.76. The number of H-pyrrole nitrogens is 1. The van der Waals surface area contributed by atoms with Gasteiger partial charge in [0.15, 0.2) is 11.6 Å². The lowest BCUT2D eigenvalue weighted by Crippen LogP contribution is -2.14. The van der Waals surface area contributed by atoms with Gasteiger partial charge in [0.2, 0.25) is 5.91 Å². The zero-order valence-electron chi connectivity index (χ0n) is 12.2. The van der Waals surface area contributed by atoms with Gasteiger partial charge in [-0.15, -0.1) is 0 Å². The number of imidazole rings is 1. The molecule has 0 saturated heterocycles. The molecule has 0 radical (unpaired) electrons. The lowest BCUT2D eigenvalue weighted by molar-refractivity contribution is -0.117. The Balaban J connectivity index is 1.85. The molecule has 5 nitrogen and oxygen atoms in total. The summed E-state index contributed by atoms with van der Waals surface area (Å²) < 4.78 is 14.1. The van der Waals surface area contributed by atoms with E-state index in [-0.39, 0.29) is 28.7 Å². The number of benzene rings is 1. The first-order valence-corrected chi connectivity index (χ1v) is 8.09. The largest absolute Gasteiger partial charge is 0.335 e. The number of rotatable bonds is 3. The quantitative estimate of drug-likeness (QED) is 0.722. The van der Waals surface area contributed by atoms with E-state index < -0.39 is 5.82 Å². The van der Waals surface area contributed by atoms with E-state index in [0.717, 1.165) is 19.0 Å². The molecule has 1 aliphatic rings. The van der Waals surface area contributed by atoms with E-state index in [1.165, 1.54) is 0 Å². The van der Waals surface area contributed by atoms with Crippen molar-refractivity contribution in [3.8, 4) is 11.4 Å². The standard InChI is InChI=1S/C16H11Cl2FN4O/c17-8-2-1-3-9(18)11(8)14-21-12-10(19)6-20-15(13(12)22-14)23-16(24)7-4-5-7/h1-3,6-7H,4-5H2,(H,21,22)(H,20,23,24). The number of aromatic nitrogens is 3. The number of hydrogen-bond donors (Lipinski definition) is 2. The number of nitrogens with zero attached hydrogens (tertiary/aromatic N) is 2. The first-order chi connectivity index (χ1) is 11.5. The molecule has 2 aromatic heterocycles. The Morgan fingerprint density at radius 3 is 2.67 bits per heavy atom. The van der Waals surface area contributed by atoms with Gasteiger partial charge in [-0.05, 0) is 25.0 Å². The second kappa shape index (κ2) is 5.72. The van der Waals surface area contributed by atoms with Crippen LogP contribution in [0.4, 0.5) is 10.2 Å². The topological polar surface area (TPSA) is 70.7 Å².